The van der Waals surface area contributed by atoms with Crippen LogP contribution in [0.5, 0.6) is 11.5 Å². The van der Waals surface area contributed by atoms with Crippen LogP contribution in [0.25, 0.3) is 6.08 Å². The Hall–Kier alpha value is -2.25. The molecule has 9 heteroatoms. The lowest BCUT2D eigenvalue weighted by molar-refractivity contribution is -0.112. The van der Waals surface area contributed by atoms with Gasteiger partial charge in [-0.05, 0) is 77.6 Å². The summed E-state index contributed by atoms with van der Waals surface area (Å²) >= 11 is 17.6. The Morgan fingerprint density at radius 3 is 2.59 bits per heavy atom. The maximum atomic E-state index is 12.7. The molecule has 5 nitrogen and oxygen atoms in total. The molecule has 0 fully saturated rings. The predicted octanol–water partition coefficient (Wildman–Crippen LogP) is 7.88. The molecule has 3 aromatic carbocycles. The van der Waals surface area contributed by atoms with Gasteiger partial charge in [-0.1, -0.05) is 57.3 Å². The minimum atomic E-state index is -0.567. The standard InChI is InChI=1S/C25H18BrCl2IN2O3/c1-2-33-23-11-15(10-22(29)24(23)34-14-16-5-3-4-6-19(16)26)9-17(13-30)25(32)31-18-7-8-20(27)21(28)12-18/h3-12H,2,14H2,1H3,(H,31,32)/b17-9+. The zero-order chi connectivity index (χ0) is 24.7. The normalized spacial score (nSPS) is 11.0. The van der Waals surface area contributed by atoms with Crippen LogP contribution < -0.4 is 14.8 Å². The van der Waals surface area contributed by atoms with Gasteiger partial charge in [0.2, 0.25) is 0 Å². The average molecular weight is 672 g/mol. The molecule has 0 heterocycles. The number of rotatable bonds is 8. The third-order valence-corrected chi connectivity index (χ3v) is 6.83. The fourth-order valence-electron chi connectivity index (χ4n) is 2.93. The third kappa shape index (κ3) is 6.89. The molecule has 0 radical (unpaired) electrons. The van der Waals surface area contributed by atoms with Crippen LogP contribution in [0.4, 0.5) is 5.69 Å². The molecule has 0 aliphatic carbocycles. The number of hydrogen-bond acceptors (Lipinski definition) is 4. The van der Waals surface area contributed by atoms with E-state index in [1.54, 1.807) is 18.2 Å². The molecule has 174 valence electrons. The highest BCUT2D eigenvalue weighted by molar-refractivity contribution is 14.1. The smallest absolute Gasteiger partial charge is 0.266 e. The number of anilines is 1. The second-order valence-electron chi connectivity index (χ2n) is 6.90. The number of nitriles is 1. The first kappa shape index (κ1) is 26.4. The first-order chi connectivity index (χ1) is 16.3. The molecule has 3 aromatic rings. The lowest BCUT2D eigenvalue weighted by atomic mass is 10.1. The molecule has 34 heavy (non-hydrogen) atoms. The first-order valence-corrected chi connectivity index (χ1v) is 12.7. The lowest BCUT2D eigenvalue weighted by Crippen LogP contribution is -2.13. The summed E-state index contributed by atoms with van der Waals surface area (Å²) in [6, 6.07) is 18.0. The molecule has 0 atom stereocenters. The van der Waals surface area contributed by atoms with Crippen molar-refractivity contribution >= 4 is 79.4 Å². The largest absolute Gasteiger partial charge is 0.490 e. The van der Waals surface area contributed by atoms with Gasteiger partial charge in [0.05, 0.1) is 20.2 Å². The van der Waals surface area contributed by atoms with Gasteiger partial charge in [0.15, 0.2) is 11.5 Å². The molecule has 0 spiro atoms. The van der Waals surface area contributed by atoms with Crippen molar-refractivity contribution in [2.45, 2.75) is 13.5 Å². The Bertz CT molecular complexity index is 1290. The zero-order valence-corrected chi connectivity index (χ0v) is 23.1. The molecule has 1 N–H and O–H groups in total. The molecule has 0 saturated heterocycles. The van der Waals surface area contributed by atoms with Crippen molar-refractivity contribution in [2.24, 2.45) is 0 Å². The maximum absolute atomic E-state index is 12.7. The number of halogens is 4. The highest BCUT2D eigenvalue weighted by Crippen LogP contribution is 2.36. The minimum Gasteiger partial charge on any atom is -0.490 e. The van der Waals surface area contributed by atoms with Gasteiger partial charge in [0.1, 0.15) is 18.2 Å². The van der Waals surface area contributed by atoms with Gasteiger partial charge in [0.25, 0.3) is 5.91 Å². The van der Waals surface area contributed by atoms with E-state index in [0.29, 0.717) is 46.0 Å². The van der Waals surface area contributed by atoms with Gasteiger partial charge in [-0.3, -0.25) is 4.79 Å². The van der Waals surface area contributed by atoms with Crippen LogP contribution in [0.1, 0.15) is 18.1 Å². The topological polar surface area (TPSA) is 71.3 Å². The molecule has 0 aromatic heterocycles. The Balaban J connectivity index is 1.86. The number of carbonyl (C=O) groups is 1. The summed E-state index contributed by atoms with van der Waals surface area (Å²) in [4.78, 5) is 12.7. The molecule has 0 unspecified atom stereocenters. The van der Waals surface area contributed by atoms with Crippen molar-refractivity contribution in [3.63, 3.8) is 0 Å². The van der Waals surface area contributed by atoms with Gasteiger partial charge in [-0.25, -0.2) is 0 Å². The van der Waals surface area contributed by atoms with E-state index < -0.39 is 5.91 Å². The lowest BCUT2D eigenvalue weighted by Gasteiger charge is -2.15. The Labute approximate surface area is 229 Å². The number of amides is 1. The van der Waals surface area contributed by atoms with Crippen LogP contribution in [-0.4, -0.2) is 12.5 Å². The van der Waals surface area contributed by atoms with Crippen molar-refractivity contribution in [1.82, 2.24) is 0 Å². The number of hydrogen-bond donors (Lipinski definition) is 1. The van der Waals surface area contributed by atoms with Gasteiger partial charge in [-0.15, -0.1) is 0 Å². The summed E-state index contributed by atoms with van der Waals surface area (Å²) in [6.45, 7) is 2.65. The van der Waals surface area contributed by atoms with Gasteiger partial charge < -0.3 is 14.8 Å². The predicted molar refractivity (Wildman–Crippen MR) is 147 cm³/mol. The maximum Gasteiger partial charge on any atom is 0.266 e. The summed E-state index contributed by atoms with van der Waals surface area (Å²) in [7, 11) is 0. The molecule has 3 rings (SSSR count). The highest BCUT2D eigenvalue weighted by Gasteiger charge is 2.15. The summed E-state index contributed by atoms with van der Waals surface area (Å²) in [5, 5.41) is 12.9. The number of ether oxygens (including phenoxy) is 2. The molecule has 0 saturated carbocycles. The van der Waals surface area contributed by atoms with Crippen LogP contribution in [0.3, 0.4) is 0 Å². The molecule has 0 aliphatic heterocycles. The van der Waals surface area contributed by atoms with Crippen molar-refractivity contribution in [3.05, 3.63) is 89.4 Å². The van der Waals surface area contributed by atoms with E-state index in [1.165, 1.54) is 12.1 Å². The van der Waals surface area contributed by atoms with Gasteiger partial charge >= 0.3 is 0 Å². The fraction of sp³-hybridized carbons (Fsp3) is 0.120. The molecule has 0 aliphatic rings. The van der Waals surface area contributed by atoms with Crippen molar-refractivity contribution in [3.8, 4) is 17.6 Å². The second kappa shape index (κ2) is 12.5. The van der Waals surface area contributed by atoms with Crippen LogP contribution in [0.2, 0.25) is 10.0 Å². The summed E-state index contributed by atoms with van der Waals surface area (Å²) in [6.07, 6.45) is 1.50. The van der Waals surface area contributed by atoms with E-state index in [9.17, 15) is 10.1 Å². The van der Waals surface area contributed by atoms with Gasteiger partial charge in [-0.2, -0.15) is 5.26 Å². The fourth-order valence-corrected chi connectivity index (χ4v) is 4.41. The van der Waals surface area contributed by atoms with Crippen LogP contribution in [0, 0.1) is 14.9 Å². The molecule has 1 amide bonds. The molecular weight excluding hydrogens is 654 g/mol. The van der Waals surface area contributed by atoms with E-state index in [2.05, 4.69) is 43.8 Å². The van der Waals surface area contributed by atoms with Crippen LogP contribution in [0.15, 0.2) is 64.6 Å². The van der Waals surface area contributed by atoms with E-state index in [1.807, 2.05) is 43.3 Å². The van der Waals surface area contributed by atoms with Gasteiger partial charge in [0, 0.05) is 15.7 Å². The minimum absolute atomic E-state index is 0.0776. The van der Waals surface area contributed by atoms with E-state index in [0.717, 1.165) is 13.6 Å². The summed E-state index contributed by atoms with van der Waals surface area (Å²) < 4.78 is 13.6. The summed E-state index contributed by atoms with van der Waals surface area (Å²) in [5.74, 6) is 0.548. The molecular formula is C25H18BrCl2IN2O3. The van der Waals surface area contributed by atoms with Crippen molar-refractivity contribution < 1.29 is 14.3 Å². The monoisotopic (exact) mass is 670 g/mol. The van der Waals surface area contributed by atoms with E-state index >= 15 is 0 Å². The van der Waals surface area contributed by atoms with E-state index in [-0.39, 0.29) is 5.57 Å². The average Bonchev–Trinajstić information content (AvgIpc) is 2.80. The van der Waals surface area contributed by atoms with Crippen LogP contribution >= 0.6 is 61.7 Å². The Kier molecular flexibility index (Phi) is 9.65. The summed E-state index contributed by atoms with van der Waals surface area (Å²) in [5.41, 5.74) is 1.98. The third-order valence-electron chi connectivity index (χ3n) is 4.52. The van der Waals surface area contributed by atoms with Crippen molar-refractivity contribution in [1.29, 1.82) is 5.26 Å². The molecule has 0 bridgehead atoms. The zero-order valence-electron chi connectivity index (χ0n) is 17.9. The number of nitrogens with one attached hydrogen (secondary N) is 1. The number of benzene rings is 3. The quantitative estimate of drug-likeness (QED) is 0.150. The number of nitrogens with zero attached hydrogens (tertiary/aromatic N) is 1. The number of carbonyl (C=O) groups excluding carboxylic acids is 1. The SMILES string of the molecule is CCOc1cc(/C=C(\C#N)C(=O)Nc2ccc(Cl)c(Cl)c2)cc(I)c1OCc1ccccc1Br. The Morgan fingerprint density at radius 2 is 1.91 bits per heavy atom. The first-order valence-electron chi connectivity index (χ1n) is 10.0. The van der Waals surface area contributed by atoms with Crippen molar-refractivity contribution in [2.75, 3.05) is 11.9 Å². The highest BCUT2D eigenvalue weighted by atomic mass is 127. The van der Waals surface area contributed by atoms with E-state index in [4.69, 9.17) is 32.7 Å². The Morgan fingerprint density at radius 1 is 1.15 bits per heavy atom. The van der Waals surface area contributed by atoms with Crippen LogP contribution in [-0.2, 0) is 11.4 Å². The second-order valence-corrected chi connectivity index (χ2v) is 9.73.